The Morgan fingerprint density at radius 3 is 2.10 bits per heavy atom. The molecule has 1 unspecified atom stereocenters. The molecule has 0 aliphatic carbocycles. The average Bonchev–Trinajstić information content (AvgIpc) is 2.36. The Bertz CT molecular complexity index is 509. The van der Waals surface area contributed by atoms with E-state index in [1.165, 1.54) is 0 Å². The molecule has 1 aromatic carbocycles. The number of carbonyl (C=O) groups is 2. The molecule has 1 amide bonds. The number of carboxylic acid groups (broad SMARTS) is 1. The summed E-state index contributed by atoms with van der Waals surface area (Å²) in [4.78, 5) is 22.6. The normalized spacial score (nSPS) is 13.0. The van der Waals surface area contributed by atoms with E-state index in [2.05, 4.69) is 5.32 Å². The summed E-state index contributed by atoms with van der Waals surface area (Å²) in [5, 5.41) is 11.3. The number of carbonyl (C=O) groups excluding carboxylic acids is 1. The molecular weight excluding hydrogens is 287 g/mol. The number of amides is 1. The molecule has 1 rings (SSSR count). The van der Waals surface area contributed by atoms with E-state index >= 15 is 0 Å². The zero-order valence-electron chi connectivity index (χ0n) is 11.6. The molecule has 1 atom stereocenters. The summed E-state index contributed by atoms with van der Waals surface area (Å²) in [5.74, 6) is -1.76. The van der Waals surface area contributed by atoms with Crippen LogP contribution < -0.4 is 5.32 Å². The Hall–Kier alpha value is -2.05. The van der Waals surface area contributed by atoms with Crippen molar-refractivity contribution >= 4 is 11.9 Å². The molecule has 0 aromatic heterocycles. The number of hydrogen-bond acceptors (Lipinski definition) is 2. The van der Waals surface area contributed by atoms with Crippen molar-refractivity contribution in [2.75, 3.05) is 0 Å². The standard InChI is InChI=1S/C14H16F3NO3/c1-8(2)11(7-12(19)20)18-13(21)9-3-5-10(6-4-9)14(15,16)17/h3-6,8,11H,7H2,1-2H3,(H,18,21)(H,19,20). The molecular formula is C14H16F3NO3. The SMILES string of the molecule is CC(C)C(CC(=O)O)NC(=O)c1ccc(C(F)(F)F)cc1. The molecule has 0 aliphatic rings. The van der Waals surface area contributed by atoms with Gasteiger partial charge in [0.2, 0.25) is 0 Å². The first-order valence-electron chi connectivity index (χ1n) is 6.31. The van der Waals surface area contributed by atoms with Crippen LogP contribution in [0.3, 0.4) is 0 Å². The molecule has 0 saturated heterocycles. The van der Waals surface area contributed by atoms with Crippen LogP contribution in [0.5, 0.6) is 0 Å². The Balaban J connectivity index is 2.81. The molecule has 1 aromatic rings. The molecule has 0 spiro atoms. The zero-order chi connectivity index (χ0) is 16.2. The fourth-order valence-corrected chi connectivity index (χ4v) is 1.70. The smallest absolute Gasteiger partial charge is 0.416 e. The summed E-state index contributed by atoms with van der Waals surface area (Å²) in [6.07, 6.45) is -4.71. The lowest BCUT2D eigenvalue weighted by molar-refractivity contribution is -0.138. The van der Waals surface area contributed by atoms with Crippen LogP contribution in [0, 0.1) is 5.92 Å². The number of carboxylic acids is 1. The molecule has 7 heteroatoms. The lowest BCUT2D eigenvalue weighted by atomic mass is 10.0. The summed E-state index contributed by atoms with van der Waals surface area (Å²) in [7, 11) is 0. The highest BCUT2D eigenvalue weighted by molar-refractivity contribution is 5.94. The first-order valence-corrected chi connectivity index (χ1v) is 6.31. The van der Waals surface area contributed by atoms with Crippen molar-refractivity contribution in [3.8, 4) is 0 Å². The maximum absolute atomic E-state index is 12.4. The van der Waals surface area contributed by atoms with Gasteiger partial charge in [0.25, 0.3) is 5.91 Å². The van der Waals surface area contributed by atoms with Gasteiger partial charge in [-0.05, 0) is 30.2 Å². The van der Waals surface area contributed by atoms with Gasteiger partial charge in [-0.25, -0.2) is 0 Å². The molecule has 21 heavy (non-hydrogen) atoms. The maximum Gasteiger partial charge on any atom is 0.416 e. The first kappa shape index (κ1) is 17.0. The minimum absolute atomic E-state index is 0.0547. The van der Waals surface area contributed by atoms with E-state index < -0.39 is 29.7 Å². The molecule has 2 N–H and O–H groups in total. The highest BCUT2D eigenvalue weighted by atomic mass is 19.4. The third-order valence-corrected chi connectivity index (χ3v) is 2.99. The molecule has 0 heterocycles. The third-order valence-electron chi connectivity index (χ3n) is 2.99. The fourth-order valence-electron chi connectivity index (χ4n) is 1.70. The number of benzene rings is 1. The highest BCUT2D eigenvalue weighted by Gasteiger charge is 2.30. The molecule has 0 radical (unpaired) electrons. The zero-order valence-corrected chi connectivity index (χ0v) is 11.6. The second-order valence-corrected chi connectivity index (χ2v) is 5.00. The average molecular weight is 303 g/mol. The lowest BCUT2D eigenvalue weighted by Crippen LogP contribution is -2.40. The molecule has 0 aliphatic heterocycles. The predicted octanol–water partition coefficient (Wildman–Crippen LogP) is 2.93. The number of hydrogen-bond donors (Lipinski definition) is 2. The Morgan fingerprint density at radius 2 is 1.71 bits per heavy atom. The van der Waals surface area contributed by atoms with Gasteiger partial charge >= 0.3 is 12.1 Å². The van der Waals surface area contributed by atoms with Crippen molar-refractivity contribution < 1.29 is 27.9 Å². The molecule has 0 saturated carbocycles. The summed E-state index contributed by atoms with van der Waals surface area (Å²) in [5.41, 5.74) is -0.788. The number of halogens is 3. The van der Waals surface area contributed by atoms with Crippen LogP contribution >= 0.6 is 0 Å². The Morgan fingerprint density at radius 1 is 1.19 bits per heavy atom. The van der Waals surface area contributed by atoms with Gasteiger partial charge in [-0.3, -0.25) is 9.59 Å². The van der Waals surface area contributed by atoms with E-state index in [-0.39, 0.29) is 17.9 Å². The van der Waals surface area contributed by atoms with Crippen LogP contribution in [0.25, 0.3) is 0 Å². The molecule has 0 fully saturated rings. The minimum atomic E-state index is -4.46. The van der Waals surface area contributed by atoms with Crippen molar-refractivity contribution in [2.24, 2.45) is 5.92 Å². The number of nitrogens with one attached hydrogen (secondary N) is 1. The van der Waals surface area contributed by atoms with Gasteiger partial charge in [-0.15, -0.1) is 0 Å². The summed E-state index contributed by atoms with van der Waals surface area (Å²) < 4.78 is 37.2. The second kappa shape index (κ2) is 6.60. The van der Waals surface area contributed by atoms with E-state index in [0.29, 0.717) is 0 Å². The minimum Gasteiger partial charge on any atom is -0.481 e. The van der Waals surface area contributed by atoms with Gasteiger partial charge in [0.15, 0.2) is 0 Å². The summed E-state index contributed by atoms with van der Waals surface area (Å²) in [6.45, 7) is 3.50. The van der Waals surface area contributed by atoms with Crippen molar-refractivity contribution in [1.82, 2.24) is 5.32 Å². The van der Waals surface area contributed by atoms with Crippen molar-refractivity contribution in [1.29, 1.82) is 0 Å². The molecule has 4 nitrogen and oxygen atoms in total. The Labute approximate surface area is 120 Å². The largest absolute Gasteiger partial charge is 0.481 e. The van der Waals surface area contributed by atoms with Gasteiger partial charge in [0, 0.05) is 11.6 Å². The fraction of sp³-hybridized carbons (Fsp3) is 0.429. The van der Waals surface area contributed by atoms with Gasteiger partial charge in [-0.1, -0.05) is 13.8 Å². The van der Waals surface area contributed by atoms with Crippen LogP contribution in [-0.4, -0.2) is 23.0 Å². The van der Waals surface area contributed by atoms with E-state index in [4.69, 9.17) is 5.11 Å². The van der Waals surface area contributed by atoms with Gasteiger partial charge in [0.05, 0.1) is 12.0 Å². The van der Waals surface area contributed by atoms with E-state index in [1.807, 2.05) is 0 Å². The van der Waals surface area contributed by atoms with Crippen molar-refractivity contribution in [3.05, 3.63) is 35.4 Å². The van der Waals surface area contributed by atoms with Crippen molar-refractivity contribution in [2.45, 2.75) is 32.5 Å². The number of alkyl halides is 3. The first-order chi connectivity index (χ1) is 9.61. The van der Waals surface area contributed by atoms with Crippen molar-refractivity contribution in [3.63, 3.8) is 0 Å². The Kier molecular flexibility index (Phi) is 5.34. The number of aliphatic carboxylic acids is 1. The van der Waals surface area contributed by atoms with E-state index in [0.717, 1.165) is 24.3 Å². The van der Waals surface area contributed by atoms with Crippen LogP contribution in [-0.2, 0) is 11.0 Å². The monoisotopic (exact) mass is 303 g/mol. The number of rotatable bonds is 5. The summed E-state index contributed by atoms with van der Waals surface area (Å²) >= 11 is 0. The van der Waals surface area contributed by atoms with Gasteiger partial charge in [-0.2, -0.15) is 13.2 Å². The second-order valence-electron chi connectivity index (χ2n) is 5.00. The van der Waals surface area contributed by atoms with Crippen LogP contribution in [0.15, 0.2) is 24.3 Å². The quantitative estimate of drug-likeness (QED) is 0.879. The highest BCUT2D eigenvalue weighted by Crippen LogP contribution is 2.29. The molecule has 0 bridgehead atoms. The van der Waals surface area contributed by atoms with Crippen LogP contribution in [0.4, 0.5) is 13.2 Å². The van der Waals surface area contributed by atoms with E-state index in [1.54, 1.807) is 13.8 Å². The topological polar surface area (TPSA) is 66.4 Å². The maximum atomic E-state index is 12.4. The van der Waals surface area contributed by atoms with Crippen LogP contribution in [0.2, 0.25) is 0 Å². The van der Waals surface area contributed by atoms with Crippen LogP contribution in [0.1, 0.15) is 36.2 Å². The van der Waals surface area contributed by atoms with Gasteiger partial charge in [0.1, 0.15) is 0 Å². The summed E-state index contributed by atoms with van der Waals surface area (Å²) in [6, 6.07) is 3.18. The van der Waals surface area contributed by atoms with E-state index in [9.17, 15) is 22.8 Å². The molecule has 116 valence electrons. The van der Waals surface area contributed by atoms with Gasteiger partial charge < -0.3 is 10.4 Å². The third kappa shape index (κ3) is 5.09. The predicted molar refractivity (Wildman–Crippen MR) is 69.8 cm³/mol. The lowest BCUT2D eigenvalue weighted by Gasteiger charge is -2.20.